The van der Waals surface area contributed by atoms with Gasteiger partial charge in [0.2, 0.25) is 5.91 Å². The van der Waals surface area contributed by atoms with Crippen LogP contribution in [-0.4, -0.2) is 52.2 Å². The van der Waals surface area contributed by atoms with E-state index in [4.69, 9.17) is 16.3 Å². The van der Waals surface area contributed by atoms with Crippen LogP contribution in [-0.2, 0) is 14.3 Å². The third-order valence-electron chi connectivity index (χ3n) is 5.97. The van der Waals surface area contributed by atoms with Gasteiger partial charge in [-0.2, -0.15) is 0 Å². The molecule has 0 radical (unpaired) electrons. The number of nitrogens with zero attached hydrogens (tertiary/aromatic N) is 1. The van der Waals surface area contributed by atoms with E-state index in [0.717, 1.165) is 11.1 Å². The van der Waals surface area contributed by atoms with Crippen molar-refractivity contribution in [3.63, 3.8) is 0 Å². The predicted molar refractivity (Wildman–Crippen MR) is 146 cm³/mol. The molecule has 3 amide bonds. The van der Waals surface area contributed by atoms with E-state index < -0.39 is 48.2 Å². The highest BCUT2D eigenvalue weighted by Gasteiger charge is 2.39. The summed E-state index contributed by atoms with van der Waals surface area (Å²) in [7, 11) is 0. The summed E-state index contributed by atoms with van der Waals surface area (Å²) in [5, 5.41) is 15.8. The van der Waals surface area contributed by atoms with Gasteiger partial charge in [0.1, 0.15) is 17.7 Å². The Kier molecular flexibility index (Phi) is 10.5. The lowest BCUT2D eigenvalue weighted by Crippen LogP contribution is -2.56. The van der Waals surface area contributed by atoms with Crippen molar-refractivity contribution >= 4 is 35.2 Å². The van der Waals surface area contributed by atoms with E-state index in [1.807, 2.05) is 45.9 Å². The number of amides is 3. The van der Waals surface area contributed by atoms with E-state index in [1.54, 1.807) is 45.0 Å². The van der Waals surface area contributed by atoms with Crippen molar-refractivity contribution in [2.75, 3.05) is 11.9 Å². The van der Waals surface area contributed by atoms with Crippen LogP contribution in [0.15, 0.2) is 42.5 Å². The molecule has 202 valence electrons. The van der Waals surface area contributed by atoms with Crippen molar-refractivity contribution in [1.29, 1.82) is 0 Å². The summed E-state index contributed by atoms with van der Waals surface area (Å²) in [6, 6.07) is 9.80. The molecule has 0 bridgehead atoms. The zero-order valence-corrected chi connectivity index (χ0v) is 23.3. The molecule has 0 saturated carbocycles. The van der Waals surface area contributed by atoms with Crippen molar-refractivity contribution in [3.8, 4) is 0 Å². The van der Waals surface area contributed by atoms with Crippen LogP contribution in [0.1, 0.15) is 63.8 Å². The summed E-state index contributed by atoms with van der Waals surface area (Å²) in [4.78, 5) is 41.6. The van der Waals surface area contributed by atoms with Crippen molar-refractivity contribution in [1.82, 2.24) is 10.2 Å². The molecule has 3 N–H and O–H groups in total. The van der Waals surface area contributed by atoms with Crippen molar-refractivity contribution in [2.24, 2.45) is 0 Å². The van der Waals surface area contributed by atoms with Gasteiger partial charge >= 0.3 is 6.09 Å². The van der Waals surface area contributed by atoms with Crippen LogP contribution in [0.2, 0.25) is 5.02 Å². The number of rotatable bonds is 9. The van der Waals surface area contributed by atoms with Gasteiger partial charge in [0.25, 0.3) is 5.91 Å². The topological polar surface area (TPSA) is 108 Å². The minimum atomic E-state index is -1.31. The van der Waals surface area contributed by atoms with Crippen LogP contribution in [0.5, 0.6) is 0 Å². The number of halogens is 1. The second kappa shape index (κ2) is 12.9. The lowest BCUT2D eigenvalue weighted by atomic mass is 9.96. The SMILES string of the molecule is CCC(C)N(C(=O)C(CO)NC(=O)OC(C)(C)C)C(C(=O)Nc1c(C)cccc1Cl)c1ccccc1C. The number of hydrogen-bond acceptors (Lipinski definition) is 5. The summed E-state index contributed by atoms with van der Waals surface area (Å²) in [5.41, 5.74) is 1.85. The van der Waals surface area contributed by atoms with Crippen molar-refractivity contribution in [2.45, 2.75) is 78.6 Å². The normalized spacial score (nSPS) is 13.8. The maximum absolute atomic E-state index is 13.9. The minimum Gasteiger partial charge on any atom is -0.444 e. The standard InChI is InChI=1S/C28H38ClN3O5/c1-8-19(4)32(26(35)22(16-33)30-27(36)37-28(5,6)7)24(20-14-10-9-12-17(20)2)25(34)31-23-18(3)13-11-15-21(23)29/h9-15,19,22,24,33H,8,16H2,1-7H3,(H,30,36)(H,31,34). The molecule has 37 heavy (non-hydrogen) atoms. The van der Waals surface area contributed by atoms with Gasteiger partial charge in [-0.05, 0) is 70.7 Å². The monoisotopic (exact) mass is 531 g/mol. The highest BCUT2D eigenvalue weighted by atomic mass is 35.5. The molecular weight excluding hydrogens is 494 g/mol. The summed E-state index contributed by atoms with van der Waals surface area (Å²) in [6.45, 7) is 11.8. The van der Waals surface area contributed by atoms with Gasteiger partial charge < -0.3 is 25.4 Å². The second-order valence-electron chi connectivity index (χ2n) is 10.1. The number of anilines is 1. The fraction of sp³-hybridized carbons (Fsp3) is 0.464. The number of carbonyl (C=O) groups excluding carboxylic acids is 3. The van der Waals surface area contributed by atoms with Crippen molar-refractivity contribution in [3.05, 3.63) is 64.2 Å². The molecule has 2 aromatic carbocycles. The molecule has 2 rings (SSSR count). The third kappa shape index (κ3) is 7.94. The van der Waals surface area contributed by atoms with E-state index in [0.29, 0.717) is 22.7 Å². The first-order chi connectivity index (χ1) is 17.3. The first-order valence-corrected chi connectivity index (χ1v) is 12.7. The number of hydrogen-bond donors (Lipinski definition) is 3. The quantitative estimate of drug-likeness (QED) is 0.415. The summed E-state index contributed by atoms with van der Waals surface area (Å²) >= 11 is 6.38. The number of aliphatic hydroxyl groups is 1. The second-order valence-corrected chi connectivity index (χ2v) is 10.5. The molecule has 0 spiro atoms. The van der Waals surface area contributed by atoms with Gasteiger partial charge in [0.05, 0.1) is 17.3 Å². The minimum absolute atomic E-state index is 0.373. The van der Waals surface area contributed by atoms with Crippen LogP contribution in [0, 0.1) is 13.8 Å². The maximum atomic E-state index is 13.9. The largest absolute Gasteiger partial charge is 0.444 e. The predicted octanol–water partition coefficient (Wildman–Crippen LogP) is 5.15. The number of carbonyl (C=O) groups is 3. The Bertz CT molecular complexity index is 1090. The van der Waals surface area contributed by atoms with Crippen LogP contribution in [0.4, 0.5) is 10.5 Å². The number of aryl methyl sites for hydroxylation is 2. The molecule has 9 heteroatoms. The van der Waals surface area contributed by atoms with E-state index in [9.17, 15) is 19.5 Å². The Morgan fingerprint density at radius 2 is 1.68 bits per heavy atom. The van der Waals surface area contributed by atoms with Gasteiger partial charge in [-0.3, -0.25) is 9.59 Å². The maximum Gasteiger partial charge on any atom is 0.408 e. The average molecular weight is 532 g/mol. The fourth-order valence-electron chi connectivity index (χ4n) is 3.90. The van der Waals surface area contributed by atoms with Crippen LogP contribution in [0.25, 0.3) is 0 Å². The number of aliphatic hydroxyl groups excluding tert-OH is 1. The van der Waals surface area contributed by atoms with E-state index in [1.165, 1.54) is 4.90 Å². The van der Waals surface area contributed by atoms with Gasteiger partial charge in [0.15, 0.2) is 0 Å². The van der Waals surface area contributed by atoms with Crippen LogP contribution >= 0.6 is 11.6 Å². The highest BCUT2D eigenvalue weighted by molar-refractivity contribution is 6.34. The molecule has 0 fully saturated rings. The van der Waals surface area contributed by atoms with Gasteiger partial charge in [0, 0.05) is 6.04 Å². The lowest BCUT2D eigenvalue weighted by Gasteiger charge is -2.38. The van der Waals surface area contributed by atoms with E-state index >= 15 is 0 Å². The molecule has 3 unspecified atom stereocenters. The first-order valence-electron chi connectivity index (χ1n) is 12.3. The number of para-hydroxylation sites is 1. The number of alkyl carbamates (subject to hydrolysis) is 1. The summed E-state index contributed by atoms with van der Waals surface area (Å²) in [6.07, 6.45) is -0.315. The molecule has 0 heterocycles. The fourth-order valence-corrected chi connectivity index (χ4v) is 4.17. The zero-order valence-electron chi connectivity index (χ0n) is 22.6. The Morgan fingerprint density at radius 1 is 1.05 bits per heavy atom. The number of ether oxygens (including phenoxy) is 1. The molecule has 2 aromatic rings. The average Bonchev–Trinajstić information content (AvgIpc) is 2.82. The Hall–Kier alpha value is -3.10. The molecule has 0 aromatic heterocycles. The Morgan fingerprint density at radius 3 is 2.22 bits per heavy atom. The zero-order chi connectivity index (χ0) is 27.9. The number of benzene rings is 2. The summed E-state index contributed by atoms with van der Waals surface area (Å²) < 4.78 is 5.28. The molecule has 0 aliphatic rings. The smallest absolute Gasteiger partial charge is 0.408 e. The van der Waals surface area contributed by atoms with Crippen LogP contribution in [0.3, 0.4) is 0 Å². The molecule has 0 aliphatic heterocycles. The summed E-state index contributed by atoms with van der Waals surface area (Å²) in [5.74, 6) is -1.07. The first kappa shape index (κ1) is 30.1. The molecule has 0 saturated heterocycles. The van der Waals surface area contributed by atoms with E-state index in [-0.39, 0.29) is 0 Å². The lowest BCUT2D eigenvalue weighted by molar-refractivity contribution is -0.144. The molecule has 8 nitrogen and oxygen atoms in total. The van der Waals surface area contributed by atoms with Crippen LogP contribution < -0.4 is 10.6 Å². The molecule has 0 aliphatic carbocycles. The van der Waals surface area contributed by atoms with Crippen molar-refractivity contribution < 1.29 is 24.2 Å². The molecule has 3 atom stereocenters. The highest BCUT2D eigenvalue weighted by Crippen LogP contribution is 2.32. The van der Waals surface area contributed by atoms with Gasteiger partial charge in [-0.1, -0.05) is 54.9 Å². The number of nitrogens with one attached hydrogen (secondary N) is 2. The third-order valence-corrected chi connectivity index (χ3v) is 6.29. The Labute approximate surface area is 224 Å². The van der Waals surface area contributed by atoms with Gasteiger partial charge in [-0.15, -0.1) is 0 Å². The molecular formula is C28H38ClN3O5. The Balaban J connectivity index is 2.56. The van der Waals surface area contributed by atoms with E-state index in [2.05, 4.69) is 10.6 Å². The van der Waals surface area contributed by atoms with Gasteiger partial charge in [-0.25, -0.2) is 4.79 Å².